The van der Waals surface area contributed by atoms with Crippen molar-refractivity contribution < 1.29 is 0 Å². The molecule has 0 aromatic heterocycles. The molecule has 1 fully saturated rings. The van der Waals surface area contributed by atoms with E-state index in [0.29, 0.717) is 6.04 Å². The lowest BCUT2D eigenvalue weighted by atomic mass is 9.83. The normalized spacial score (nSPS) is 18.5. The van der Waals surface area contributed by atoms with E-state index in [-0.39, 0.29) is 0 Å². The molecule has 0 heterocycles. The average molecular weight is 345 g/mol. The van der Waals surface area contributed by atoms with Crippen LogP contribution in [-0.2, 0) is 0 Å². The molecular weight excluding hydrogens is 322 g/mol. The minimum atomic E-state index is 0.444. The van der Waals surface area contributed by atoms with Crippen molar-refractivity contribution in [2.24, 2.45) is 5.92 Å². The molecule has 1 nitrogen and oxygen atoms in total. The molecule has 1 N–H and O–H groups in total. The van der Waals surface area contributed by atoms with Crippen LogP contribution in [0.1, 0.15) is 57.1 Å². The molecule has 2 rings (SSSR count). The fraction of sp³-hybridized carbons (Fsp3) is 0.625. The van der Waals surface area contributed by atoms with Crippen molar-refractivity contribution in [3.05, 3.63) is 33.3 Å². The summed E-state index contributed by atoms with van der Waals surface area (Å²) in [6.45, 7) is 3.18. The van der Waals surface area contributed by atoms with Gasteiger partial charge in [-0.25, -0.2) is 0 Å². The van der Waals surface area contributed by atoms with Crippen LogP contribution in [0.25, 0.3) is 0 Å². The van der Waals surface area contributed by atoms with Gasteiger partial charge in [-0.15, -0.1) is 0 Å². The summed E-state index contributed by atoms with van der Waals surface area (Å²) < 4.78 is 1.13. The first kappa shape index (κ1) is 15.3. The van der Waals surface area contributed by atoms with Gasteiger partial charge in [-0.3, -0.25) is 0 Å². The van der Waals surface area contributed by atoms with Crippen LogP contribution in [0.3, 0.4) is 0 Å². The van der Waals surface area contributed by atoms with Crippen LogP contribution >= 0.6 is 27.5 Å². The summed E-state index contributed by atoms with van der Waals surface area (Å²) in [5, 5.41) is 4.43. The van der Waals surface area contributed by atoms with E-state index in [2.05, 4.69) is 34.2 Å². The van der Waals surface area contributed by atoms with E-state index in [4.69, 9.17) is 11.6 Å². The smallest absolute Gasteiger partial charge is 0.0417 e. The van der Waals surface area contributed by atoms with E-state index >= 15 is 0 Å². The molecule has 1 aliphatic rings. The van der Waals surface area contributed by atoms with Crippen LogP contribution in [0.5, 0.6) is 0 Å². The van der Waals surface area contributed by atoms with Gasteiger partial charge in [0.25, 0.3) is 0 Å². The van der Waals surface area contributed by atoms with E-state index in [1.807, 2.05) is 12.1 Å². The molecule has 0 bridgehead atoms. The maximum absolute atomic E-state index is 6.04. The van der Waals surface area contributed by atoms with Crippen molar-refractivity contribution in [2.75, 3.05) is 6.54 Å². The minimum Gasteiger partial charge on any atom is -0.310 e. The summed E-state index contributed by atoms with van der Waals surface area (Å²) in [6.07, 6.45) is 8.28. The topological polar surface area (TPSA) is 12.0 Å². The second kappa shape index (κ2) is 7.66. The van der Waals surface area contributed by atoms with Gasteiger partial charge in [-0.2, -0.15) is 0 Å². The van der Waals surface area contributed by atoms with Crippen molar-refractivity contribution in [3.8, 4) is 0 Å². The predicted molar refractivity (Wildman–Crippen MR) is 86.8 cm³/mol. The van der Waals surface area contributed by atoms with E-state index < -0.39 is 0 Å². The second-order valence-electron chi connectivity index (χ2n) is 5.52. The molecule has 1 saturated carbocycles. The first-order chi connectivity index (χ1) is 9.20. The highest BCUT2D eigenvalue weighted by Crippen LogP contribution is 2.35. The van der Waals surface area contributed by atoms with Gasteiger partial charge in [-0.05, 0) is 36.6 Å². The average Bonchev–Trinajstić information content (AvgIpc) is 2.39. The molecule has 1 unspecified atom stereocenters. The van der Waals surface area contributed by atoms with Crippen molar-refractivity contribution in [3.63, 3.8) is 0 Å². The highest BCUT2D eigenvalue weighted by molar-refractivity contribution is 9.10. The Bertz CT molecular complexity index is 402. The Labute approximate surface area is 130 Å². The molecule has 19 heavy (non-hydrogen) atoms. The van der Waals surface area contributed by atoms with Gasteiger partial charge in [0, 0.05) is 15.5 Å². The van der Waals surface area contributed by atoms with Crippen LogP contribution in [0.15, 0.2) is 22.7 Å². The highest BCUT2D eigenvalue weighted by Gasteiger charge is 2.21. The molecule has 1 aromatic rings. The maximum Gasteiger partial charge on any atom is 0.0417 e. The fourth-order valence-electron chi connectivity index (χ4n) is 3.11. The van der Waals surface area contributed by atoms with Gasteiger partial charge < -0.3 is 5.32 Å². The summed E-state index contributed by atoms with van der Waals surface area (Å²) in [5.41, 5.74) is 1.34. The minimum absolute atomic E-state index is 0.444. The lowest BCUT2D eigenvalue weighted by Gasteiger charge is -2.28. The van der Waals surface area contributed by atoms with Crippen LogP contribution in [0.2, 0.25) is 5.02 Å². The summed E-state index contributed by atoms with van der Waals surface area (Å²) >= 11 is 9.70. The van der Waals surface area contributed by atoms with Crippen molar-refractivity contribution in [1.82, 2.24) is 5.32 Å². The zero-order chi connectivity index (χ0) is 13.7. The van der Waals surface area contributed by atoms with E-state index in [1.165, 1.54) is 44.1 Å². The second-order valence-corrected chi connectivity index (χ2v) is 6.81. The Morgan fingerprint density at radius 1 is 1.32 bits per heavy atom. The molecule has 0 spiro atoms. The van der Waals surface area contributed by atoms with Crippen LogP contribution in [-0.4, -0.2) is 6.54 Å². The van der Waals surface area contributed by atoms with Crippen LogP contribution < -0.4 is 5.32 Å². The third kappa shape index (κ3) is 4.47. The van der Waals surface area contributed by atoms with Gasteiger partial charge in [-0.1, -0.05) is 72.6 Å². The summed E-state index contributed by atoms with van der Waals surface area (Å²) in [5.74, 6) is 0.875. The monoisotopic (exact) mass is 343 g/mol. The number of hydrogen-bond donors (Lipinski definition) is 1. The number of rotatable bonds is 5. The maximum atomic E-state index is 6.04. The molecule has 106 valence electrons. The Morgan fingerprint density at radius 3 is 2.68 bits per heavy atom. The van der Waals surface area contributed by atoms with Crippen molar-refractivity contribution >= 4 is 27.5 Å². The van der Waals surface area contributed by atoms with Gasteiger partial charge in [0.2, 0.25) is 0 Å². The quantitative estimate of drug-likeness (QED) is 0.720. The number of nitrogens with one attached hydrogen (secondary N) is 1. The SMILES string of the molecule is CCNC(CC1CCCCC1)c1ccc(Cl)cc1Br. The van der Waals surface area contributed by atoms with Crippen LogP contribution in [0, 0.1) is 5.92 Å². The van der Waals surface area contributed by atoms with E-state index in [9.17, 15) is 0 Å². The third-order valence-electron chi connectivity index (χ3n) is 4.08. The zero-order valence-electron chi connectivity index (χ0n) is 11.6. The van der Waals surface area contributed by atoms with E-state index in [0.717, 1.165) is 22.0 Å². The van der Waals surface area contributed by atoms with Crippen LogP contribution in [0.4, 0.5) is 0 Å². The van der Waals surface area contributed by atoms with Gasteiger partial charge in [0.05, 0.1) is 0 Å². The van der Waals surface area contributed by atoms with Crippen molar-refractivity contribution in [2.45, 2.75) is 51.5 Å². The standard InChI is InChI=1S/C16H23BrClN/c1-2-19-16(10-12-6-4-3-5-7-12)14-9-8-13(18)11-15(14)17/h8-9,11-12,16,19H,2-7,10H2,1H3. The lowest BCUT2D eigenvalue weighted by molar-refractivity contribution is 0.301. The van der Waals surface area contributed by atoms with Gasteiger partial charge >= 0.3 is 0 Å². The molecule has 0 saturated heterocycles. The molecule has 3 heteroatoms. The van der Waals surface area contributed by atoms with Crippen molar-refractivity contribution in [1.29, 1.82) is 0 Å². The first-order valence-corrected chi connectivity index (χ1v) is 8.56. The number of halogens is 2. The predicted octanol–water partition coefficient (Wildman–Crippen LogP) is 5.72. The Hall–Kier alpha value is -0.0500. The number of hydrogen-bond acceptors (Lipinski definition) is 1. The highest BCUT2D eigenvalue weighted by atomic mass is 79.9. The van der Waals surface area contributed by atoms with Gasteiger partial charge in [0.1, 0.15) is 0 Å². The van der Waals surface area contributed by atoms with Gasteiger partial charge in [0.15, 0.2) is 0 Å². The summed E-state index contributed by atoms with van der Waals surface area (Å²) in [6, 6.07) is 6.59. The zero-order valence-corrected chi connectivity index (χ0v) is 13.9. The fourth-order valence-corrected chi connectivity index (χ4v) is 4.07. The molecule has 0 amide bonds. The molecular formula is C16H23BrClN. The lowest BCUT2D eigenvalue weighted by Crippen LogP contribution is -2.24. The Morgan fingerprint density at radius 2 is 2.05 bits per heavy atom. The molecule has 0 aliphatic heterocycles. The first-order valence-electron chi connectivity index (χ1n) is 7.39. The Balaban J connectivity index is 2.09. The summed E-state index contributed by atoms with van der Waals surface area (Å²) in [4.78, 5) is 0. The molecule has 1 aliphatic carbocycles. The molecule has 1 atom stereocenters. The summed E-state index contributed by atoms with van der Waals surface area (Å²) in [7, 11) is 0. The van der Waals surface area contributed by atoms with E-state index in [1.54, 1.807) is 0 Å². The molecule has 0 radical (unpaired) electrons. The molecule has 1 aromatic carbocycles. The largest absolute Gasteiger partial charge is 0.310 e. The third-order valence-corrected chi connectivity index (χ3v) is 5.00. The Kier molecular flexibility index (Phi) is 6.18. The number of benzene rings is 1.